The minimum atomic E-state index is -0.574. The zero-order valence-corrected chi connectivity index (χ0v) is 7.54. The lowest BCUT2D eigenvalue weighted by atomic mass is 9.76. The molecule has 0 amide bonds. The molecule has 1 saturated carbocycles. The van der Waals surface area contributed by atoms with Crippen LogP contribution in [0.15, 0.2) is 12.3 Å². The third kappa shape index (κ3) is 1.62. The summed E-state index contributed by atoms with van der Waals surface area (Å²) in [6, 6.07) is 0. The largest absolute Gasteiger partial charge is 0.372 e. The molecule has 2 heteroatoms. The fourth-order valence-corrected chi connectivity index (χ4v) is 1.94. The quantitative estimate of drug-likeness (QED) is 0.612. The van der Waals surface area contributed by atoms with Crippen molar-refractivity contribution in [1.29, 1.82) is 0 Å². The van der Waals surface area contributed by atoms with Crippen LogP contribution < -0.4 is 0 Å². The molecule has 0 aromatic carbocycles. The van der Waals surface area contributed by atoms with Gasteiger partial charge in [0.2, 0.25) is 0 Å². The second-order valence-corrected chi connectivity index (χ2v) is 4.23. The average Bonchev–Trinajstić information content (AvgIpc) is 1.91. The number of alkyl halides is 1. The highest BCUT2D eigenvalue weighted by atomic mass is 19.1. The van der Waals surface area contributed by atoms with Crippen molar-refractivity contribution in [1.82, 2.24) is 4.90 Å². The van der Waals surface area contributed by atoms with Gasteiger partial charge in [0, 0.05) is 0 Å². The molecule has 1 saturated heterocycles. The van der Waals surface area contributed by atoms with Crippen molar-refractivity contribution in [3.05, 3.63) is 12.3 Å². The van der Waals surface area contributed by atoms with Crippen LogP contribution in [0.4, 0.5) is 4.39 Å². The molecule has 0 atom stereocenters. The fraction of sp³-hybridized carbons (Fsp3) is 0.800. The molecule has 1 heterocycles. The molecule has 2 rings (SSSR count). The maximum Gasteiger partial charge on any atom is 0.135 e. The summed E-state index contributed by atoms with van der Waals surface area (Å²) in [5.41, 5.74) is 0. The maximum absolute atomic E-state index is 12.4. The molecular weight excluding hydrogens is 153 g/mol. The first-order chi connectivity index (χ1) is 5.74. The molecule has 12 heavy (non-hydrogen) atoms. The first-order valence-corrected chi connectivity index (χ1v) is 4.80. The highest BCUT2D eigenvalue weighted by Gasteiger charge is 2.25. The maximum atomic E-state index is 12.4. The van der Waals surface area contributed by atoms with E-state index in [1.54, 1.807) is 0 Å². The van der Waals surface area contributed by atoms with Crippen LogP contribution in [0.1, 0.15) is 19.8 Å². The van der Waals surface area contributed by atoms with Gasteiger partial charge >= 0.3 is 0 Å². The first kappa shape index (κ1) is 8.09. The summed E-state index contributed by atoms with van der Waals surface area (Å²) in [5, 5.41) is 0. The Bertz CT molecular complexity index is 158. The van der Waals surface area contributed by atoms with E-state index in [0.717, 1.165) is 11.8 Å². The molecule has 0 unspecified atom stereocenters. The van der Waals surface area contributed by atoms with Crippen LogP contribution in [0.2, 0.25) is 0 Å². The fourth-order valence-electron chi connectivity index (χ4n) is 1.94. The molecule has 68 valence electrons. The zero-order chi connectivity index (χ0) is 8.55. The van der Waals surface area contributed by atoms with E-state index < -0.39 is 6.17 Å². The van der Waals surface area contributed by atoms with Crippen molar-refractivity contribution >= 4 is 0 Å². The molecule has 0 radical (unpaired) electrons. The van der Waals surface area contributed by atoms with E-state index in [-0.39, 0.29) is 0 Å². The number of halogens is 1. The van der Waals surface area contributed by atoms with E-state index in [4.69, 9.17) is 0 Å². The summed E-state index contributed by atoms with van der Waals surface area (Å²) in [7, 11) is 0. The van der Waals surface area contributed by atoms with Crippen LogP contribution in [-0.2, 0) is 0 Å². The SMILES string of the molecule is CC1CC(C=CN2CC(F)C2)C1. The van der Waals surface area contributed by atoms with Gasteiger partial charge in [-0.25, -0.2) is 4.39 Å². The summed E-state index contributed by atoms with van der Waals surface area (Å²) < 4.78 is 12.4. The van der Waals surface area contributed by atoms with Gasteiger partial charge in [-0.2, -0.15) is 0 Å². The van der Waals surface area contributed by atoms with Crippen LogP contribution in [0.5, 0.6) is 0 Å². The number of rotatable bonds is 2. The minimum absolute atomic E-state index is 0.574. The standard InChI is InChI=1S/C10H16FN/c1-8-4-9(5-8)2-3-12-6-10(11)7-12/h2-3,8-10H,4-7H2,1H3. The van der Waals surface area contributed by atoms with E-state index in [1.807, 2.05) is 4.90 Å². The zero-order valence-electron chi connectivity index (χ0n) is 7.54. The van der Waals surface area contributed by atoms with Crippen molar-refractivity contribution in [3.63, 3.8) is 0 Å². The van der Waals surface area contributed by atoms with Crippen LogP contribution in [0.25, 0.3) is 0 Å². The van der Waals surface area contributed by atoms with Gasteiger partial charge in [0.1, 0.15) is 6.17 Å². The summed E-state index contributed by atoms with van der Waals surface area (Å²) >= 11 is 0. The number of nitrogens with zero attached hydrogens (tertiary/aromatic N) is 1. The highest BCUT2D eigenvalue weighted by molar-refractivity contribution is 4.98. The number of allylic oxidation sites excluding steroid dienone is 1. The van der Waals surface area contributed by atoms with Crippen molar-refractivity contribution in [2.45, 2.75) is 25.9 Å². The summed E-state index contributed by atoms with van der Waals surface area (Å²) in [6.07, 6.45) is 6.39. The lowest BCUT2D eigenvalue weighted by molar-refractivity contribution is 0.109. The minimum Gasteiger partial charge on any atom is -0.372 e. The predicted molar refractivity (Wildman–Crippen MR) is 47.5 cm³/mol. The van der Waals surface area contributed by atoms with Crippen molar-refractivity contribution < 1.29 is 4.39 Å². The van der Waals surface area contributed by atoms with Crippen molar-refractivity contribution in [2.24, 2.45) is 11.8 Å². The normalized spacial score (nSPS) is 36.7. The summed E-state index contributed by atoms with van der Waals surface area (Å²) in [6.45, 7) is 3.50. The van der Waals surface area contributed by atoms with Crippen LogP contribution in [-0.4, -0.2) is 24.2 Å². The van der Waals surface area contributed by atoms with Gasteiger partial charge in [-0.1, -0.05) is 13.0 Å². The van der Waals surface area contributed by atoms with Crippen LogP contribution in [0, 0.1) is 11.8 Å². The van der Waals surface area contributed by atoms with E-state index in [0.29, 0.717) is 13.1 Å². The first-order valence-electron chi connectivity index (χ1n) is 4.80. The van der Waals surface area contributed by atoms with E-state index in [9.17, 15) is 4.39 Å². The van der Waals surface area contributed by atoms with Gasteiger partial charge in [0.25, 0.3) is 0 Å². The van der Waals surface area contributed by atoms with E-state index in [2.05, 4.69) is 19.2 Å². The lowest BCUT2D eigenvalue weighted by Gasteiger charge is -2.35. The Kier molecular flexibility index (Phi) is 2.07. The monoisotopic (exact) mass is 169 g/mol. The third-order valence-corrected chi connectivity index (χ3v) is 2.84. The molecular formula is C10H16FN. The molecule has 2 fully saturated rings. The molecule has 0 aromatic rings. The Hall–Kier alpha value is -0.530. The lowest BCUT2D eigenvalue weighted by Crippen LogP contribution is -2.44. The molecule has 1 nitrogen and oxygen atoms in total. The van der Waals surface area contributed by atoms with Crippen molar-refractivity contribution in [2.75, 3.05) is 13.1 Å². The molecule has 1 aliphatic carbocycles. The Morgan fingerprint density at radius 2 is 2.00 bits per heavy atom. The molecule has 0 aromatic heterocycles. The van der Waals surface area contributed by atoms with Gasteiger partial charge in [-0.3, -0.25) is 0 Å². The van der Waals surface area contributed by atoms with Gasteiger partial charge in [0.05, 0.1) is 13.1 Å². The predicted octanol–water partition coefficient (Wildman–Crippen LogP) is 2.20. The van der Waals surface area contributed by atoms with Gasteiger partial charge in [-0.15, -0.1) is 0 Å². The Labute approximate surface area is 73.2 Å². The van der Waals surface area contributed by atoms with E-state index >= 15 is 0 Å². The van der Waals surface area contributed by atoms with E-state index in [1.165, 1.54) is 12.8 Å². The second kappa shape index (κ2) is 3.08. The Morgan fingerprint density at radius 3 is 2.50 bits per heavy atom. The molecule has 1 aliphatic heterocycles. The van der Waals surface area contributed by atoms with Crippen molar-refractivity contribution in [3.8, 4) is 0 Å². The molecule has 0 spiro atoms. The number of hydrogen-bond acceptors (Lipinski definition) is 1. The summed E-state index contributed by atoms with van der Waals surface area (Å²) in [4.78, 5) is 2.05. The smallest absolute Gasteiger partial charge is 0.135 e. The second-order valence-electron chi connectivity index (χ2n) is 4.23. The number of hydrogen-bond donors (Lipinski definition) is 0. The van der Waals surface area contributed by atoms with Crippen LogP contribution in [0.3, 0.4) is 0 Å². The van der Waals surface area contributed by atoms with Gasteiger partial charge in [-0.05, 0) is 30.9 Å². The van der Waals surface area contributed by atoms with Gasteiger partial charge < -0.3 is 4.90 Å². The highest BCUT2D eigenvalue weighted by Crippen LogP contribution is 2.34. The summed E-state index contributed by atoms with van der Waals surface area (Å²) in [5.74, 6) is 1.68. The Balaban J connectivity index is 1.66. The third-order valence-electron chi connectivity index (χ3n) is 2.84. The van der Waals surface area contributed by atoms with Crippen LogP contribution >= 0.6 is 0 Å². The molecule has 0 N–H and O–H groups in total. The topological polar surface area (TPSA) is 3.24 Å². The average molecular weight is 169 g/mol. The Morgan fingerprint density at radius 1 is 1.33 bits per heavy atom. The molecule has 2 aliphatic rings. The number of likely N-dealkylation sites (tertiary alicyclic amines) is 1. The van der Waals surface area contributed by atoms with Gasteiger partial charge in [0.15, 0.2) is 0 Å². The molecule has 0 bridgehead atoms.